The SMILES string of the molecule is CCOP(=O)(OCC)[C@@H]1C[C@@H](n2cc(C)c(=O)[nH]c2=O)ON1C. The Balaban J connectivity index is 2.31. The Morgan fingerprint density at radius 3 is 2.52 bits per heavy atom. The largest absolute Gasteiger partial charge is 0.350 e. The summed E-state index contributed by atoms with van der Waals surface area (Å²) in [6.45, 7) is 5.54. The molecule has 0 radical (unpaired) electrons. The van der Waals surface area contributed by atoms with Gasteiger partial charge in [-0.05, 0) is 20.8 Å². The Labute approximate surface area is 133 Å². The number of aryl methyl sites for hydroxylation is 1. The molecular formula is C13H22N3O6P. The van der Waals surface area contributed by atoms with Gasteiger partial charge in [0.2, 0.25) is 0 Å². The van der Waals surface area contributed by atoms with Crippen molar-refractivity contribution in [2.45, 2.75) is 39.2 Å². The molecule has 2 atom stereocenters. The summed E-state index contributed by atoms with van der Waals surface area (Å²) in [6, 6.07) is 0. The van der Waals surface area contributed by atoms with Crippen molar-refractivity contribution in [1.82, 2.24) is 14.6 Å². The molecule has 0 aromatic carbocycles. The predicted octanol–water partition coefficient (Wildman–Crippen LogP) is 1.20. The van der Waals surface area contributed by atoms with E-state index in [4.69, 9.17) is 13.9 Å². The van der Waals surface area contributed by atoms with E-state index in [0.717, 1.165) is 0 Å². The van der Waals surface area contributed by atoms with Crippen LogP contribution >= 0.6 is 7.60 Å². The van der Waals surface area contributed by atoms with Crippen molar-refractivity contribution in [2.24, 2.45) is 0 Å². The number of rotatable bonds is 6. The first kappa shape index (κ1) is 18.1. The molecule has 1 fully saturated rings. The number of H-pyrrole nitrogens is 1. The van der Waals surface area contributed by atoms with Gasteiger partial charge in [-0.25, -0.2) is 4.79 Å². The highest BCUT2D eigenvalue weighted by Gasteiger charge is 2.46. The van der Waals surface area contributed by atoms with Gasteiger partial charge in [0.05, 0.1) is 13.2 Å². The Kier molecular flexibility index (Phi) is 5.59. The summed E-state index contributed by atoms with van der Waals surface area (Å²) in [7, 11) is -1.79. The van der Waals surface area contributed by atoms with Crippen molar-refractivity contribution in [2.75, 3.05) is 20.3 Å². The van der Waals surface area contributed by atoms with E-state index in [9.17, 15) is 14.2 Å². The van der Waals surface area contributed by atoms with Gasteiger partial charge in [-0.3, -0.25) is 23.7 Å². The molecule has 0 aliphatic carbocycles. The van der Waals surface area contributed by atoms with Crippen LogP contribution in [0.1, 0.15) is 32.1 Å². The second-order valence-corrected chi connectivity index (χ2v) is 7.37. The quantitative estimate of drug-likeness (QED) is 0.771. The van der Waals surface area contributed by atoms with Gasteiger partial charge in [0.15, 0.2) is 6.23 Å². The molecular weight excluding hydrogens is 325 g/mol. The maximum absolute atomic E-state index is 12.9. The molecule has 1 aliphatic rings. The number of hydrogen-bond acceptors (Lipinski definition) is 7. The van der Waals surface area contributed by atoms with E-state index in [1.807, 2.05) is 0 Å². The van der Waals surface area contributed by atoms with Gasteiger partial charge in [-0.15, -0.1) is 0 Å². The first-order valence-corrected chi connectivity index (χ1v) is 9.04. The number of aromatic amines is 1. The lowest BCUT2D eigenvalue weighted by Crippen LogP contribution is -2.33. The smallest absolute Gasteiger partial charge is 0.308 e. The standard InChI is InChI=1S/C13H22N3O6P/c1-5-20-23(19,21-6-2)11-7-10(22-15(11)4)16-8-9(3)12(17)14-13(16)18/h8,10-11H,5-7H2,1-4H3,(H,14,17,18)/t10-,11+/m0/s1. The summed E-state index contributed by atoms with van der Waals surface area (Å²) >= 11 is 0. The summed E-state index contributed by atoms with van der Waals surface area (Å²) < 4.78 is 24.9. The van der Waals surface area contributed by atoms with Crippen molar-refractivity contribution < 1.29 is 18.5 Å². The molecule has 0 bridgehead atoms. The normalized spacial score (nSPS) is 22.6. The molecule has 1 aromatic heterocycles. The molecule has 0 saturated carbocycles. The fourth-order valence-electron chi connectivity index (χ4n) is 2.50. The number of hydroxylamine groups is 2. The second kappa shape index (κ2) is 7.11. The maximum Gasteiger partial charge on any atom is 0.350 e. The number of nitrogens with zero attached hydrogens (tertiary/aromatic N) is 2. The average Bonchev–Trinajstić information content (AvgIpc) is 2.86. The van der Waals surface area contributed by atoms with Gasteiger partial charge >= 0.3 is 13.3 Å². The number of nitrogens with one attached hydrogen (secondary N) is 1. The van der Waals surface area contributed by atoms with Crippen LogP contribution in [0.25, 0.3) is 0 Å². The molecule has 23 heavy (non-hydrogen) atoms. The minimum absolute atomic E-state index is 0.235. The van der Waals surface area contributed by atoms with Gasteiger partial charge in [0, 0.05) is 25.2 Å². The van der Waals surface area contributed by atoms with E-state index in [-0.39, 0.29) is 19.6 Å². The van der Waals surface area contributed by atoms with Gasteiger partial charge in [0.1, 0.15) is 5.78 Å². The summed E-state index contributed by atoms with van der Waals surface area (Å²) in [6.07, 6.45) is 0.968. The fraction of sp³-hybridized carbons (Fsp3) is 0.692. The first-order chi connectivity index (χ1) is 10.8. The van der Waals surface area contributed by atoms with Gasteiger partial charge in [0.25, 0.3) is 5.56 Å². The summed E-state index contributed by atoms with van der Waals surface area (Å²) in [5.41, 5.74) is -0.636. The molecule has 0 amide bonds. The van der Waals surface area contributed by atoms with E-state index in [1.165, 1.54) is 15.8 Å². The number of aromatic nitrogens is 2. The highest BCUT2D eigenvalue weighted by Crippen LogP contribution is 2.58. The predicted molar refractivity (Wildman–Crippen MR) is 83.2 cm³/mol. The molecule has 0 spiro atoms. The van der Waals surface area contributed by atoms with Crippen LogP contribution < -0.4 is 11.2 Å². The molecule has 130 valence electrons. The Hall–Kier alpha value is -1.25. The highest BCUT2D eigenvalue weighted by atomic mass is 31.2. The van der Waals surface area contributed by atoms with Crippen molar-refractivity contribution in [3.63, 3.8) is 0 Å². The lowest BCUT2D eigenvalue weighted by molar-refractivity contribution is -0.160. The zero-order chi connectivity index (χ0) is 17.2. The van der Waals surface area contributed by atoms with Crippen LogP contribution in [0.3, 0.4) is 0 Å². The van der Waals surface area contributed by atoms with Crippen LogP contribution in [0, 0.1) is 6.92 Å². The van der Waals surface area contributed by atoms with Crippen molar-refractivity contribution in [1.29, 1.82) is 0 Å². The molecule has 9 nitrogen and oxygen atoms in total. The second-order valence-electron chi connectivity index (χ2n) is 5.18. The van der Waals surface area contributed by atoms with Crippen LogP contribution in [0.2, 0.25) is 0 Å². The van der Waals surface area contributed by atoms with Crippen LogP contribution in [-0.2, 0) is 18.5 Å². The first-order valence-electron chi connectivity index (χ1n) is 7.42. The third-order valence-corrected chi connectivity index (χ3v) is 6.06. The molecule has 2 rings (SSSR count). The number of hydrogen-bond donors (Lipinski definition) is 1. The zero-order valence-electron chi connectivity index (χ0n) is 13.6. The van der Waals surface area contributed by atoms with Crippen molar-refractivity contribution in [3.8, 4) is 0 Å². The van der Waals surface area contributed by atoms with Crippen molar-refractivity contribution in [3.05, 3.63) is 32.6 Å². The Bertz CT molecular complexity index is 704. The third-order valence-electron chi connectivity index (χ3n) is 3.56. The molecule has 1 aliphatic heterocycles. The van der Waals surface area contributed by atoms with Gasteiger partial charge in [-0.1, -0.05) is 0 Å². The Morgan fingerprint density at radius 2 is 1.96 bits per heavy atom. The van der Waals surface area contributed by atoms with Crippen molar-refractivity contribution >= 4 is 7.60 Å². The van der Waals surface area contributed by atoms with E-state index in [1.54, 1.807) is 27.8 Å². The zero-order valence-corrected chi connectivity index (χ0v) is 14.5. The van der Waals surface area contributed by atoms with Crippen LogP contribution in [0.15, 0.2) is 15.8 Å². The molecule has 10 heteroatoms. The molecule has 1 saturated heterocycles. The Morgan fingerprint density at radius 1 is 1.35 bits per heavy atom. The molecule has 1 N–H and O–H groups in total. The van der Waals surface area contributed by atoms with Gasteiger partial charge in [-0.2, -0.15) is 5.06 Å². The van der Waals surface area contributed by atoms with E-state index >= 15 is 0 Å². The summed E-state index contributed by atoms with van der Waals surface area (Å²) in [4.78, 5) is 31.3. The summed E-state index contributed by atoms with van der Waals surface area (Å²) in [5, 5.41) is 1.39. The average molecular weight is 347 g/mol. The lowest BCUT2D eigenvalue weighted by atomic mass is 10.3. The van der Waals surface area contributed by atoms with Gasteiger partial charge < -0.3 is 9.05 Å². The topological polar surface area (TPSA) is 103 Å². The summed E-state index contributed by atoms with van der Waals surface area (Å²) in [5.74, 6) is -0.633. The van der Waals surface area contributed by atoms with Crippen LogP contribution in [0.4, 0.5) is 0 Å². The third kappa shape index (κ3) is 3.64. The van der Waals surface area contributed by atoms with Crippen LogP contribution in [-0.4, -0.2) is 40.7 Å². The molecule has 0 unspecified atom stereocenters. The lowest BCUT2D eigenvalue weighted by Gasteiger charge is -2.25. The molecule has 2 heterocycles. The monoisotopic (exact) mass is 347 g/mol. The van der Waals surface area contributed by atoms with Crippen LogP contribution in [0.5, 0.6) is 0 Å². The minimum Gasteiger partial charge on any atom is -0.308 e. The molecule has 1 aromatic rings. The fourth-order valence-corrected chi connectivity index (χ4v) is 4.53. The minimum atomic E-state index is -3.40. The van der Waals surface area contributed by atoms with E-state index in [0.29, 0.717) is 5.56 Å². The van der Waals surface area contributed by atoms with E-state index in [2.05, 4.69) is 4.98 Å². The maximum atomic E-state index is 12.9. The highest BCUT2D eigenvalue weighted by molar-refractivity contribution is 7.54. The van der Waals surface area contributed by atoms with E-state index < -0.39 is 30.9 Å².